The second-order valence-electron chi connectivity index (χ2n) is 5.12. The molecule has 0 aliphatic heterocycles. The number of rotatable bonds is 5. The van der Waals surface area contributed by atoms with E-state index in [4.69, 9.17) is 4.52 Å². The van der Waals surface area contributed by atoms with Crippen LogP contribution in [0.2, 0.25) is 0 Å². The summed E-state index contributed by atoms with van der Waals surface area (Å²) in [6, 6.07) is 2.61. The van der Waals surface area contributed by atoms with Crippen molar-refractivity contribution in [3.8, 4) is 0 Å². The van der Waals surface area contributed by atoms with Crippen molar-refractivity contribution in [1.82, 2.24) is 9.46 Å². The van der Waals surface area contributed by atoms with Gasteiger partial charge < -0.3 is 9.63 Å². The molecule has 0 saturated carbocycles. The van der Waals surface area contributed by atoms with Gasteiger partial charge in [-0.2, -0.15) is 4.31 Å². The van der Waals surface area contributed by atoms with Crippen molar-refractivity contribution in [1.29, 1.82) is 0 Å². The van der Waals surface area contributed by atoms with Gasteiger partial charge in [0, 0.05) is 19.2 Å². The normalized spacial score (nSPS) is 13.5. The Morgan fingerprint density at radius 2 is 2.00 bits per heavy atom. The van der Waals surface area contributed by atoms with Crippen molar-refractivity contribution >= 4 is 10.0 Å². The molecule has 2 aromatic rings. The number of halogens is 2. The Morgan fingerprint density at radius 1 is 1.35 bits per heavy atom. The molecule has 1 unspecified atom stereocenters. The van der Waals surface area contributed by atoms with E-state index in [1.54, 1.807) is 0 Å². The quantitative estimate of drug-likeness (QED) is 0.894. The van der Waals surface area contributed by atoms with Crippen LogP contribution >= 0.6 is 0 Å². The van der Waals surface area contributed by atoms with Gasteiger partial charge in [0.25, 0.3) is 0 Å². The number of aryl methyl sites for hydroxylation is 2. The third-order valence-electron chi connectivity index (χ3n) is 3.38. The molecule has 1 aromatic carbocycles. The summed E-state index contributed by atoms with van der Waals surface area (Å²) in [6.45, 7) is 2.47. The fraction of sp³-hybridized carbons (Fsp3) is 0.357. The molecule has 2 rings (SSSR count). The van der Waals surface area contributed by atoms with E-state index in [1.165, 1.54) is 20.9 Å². The number of benzene rings is 1. The first-order valence-electron chi connectivity index (χ1n) is 6.66. The van der Waals surface area contributed by atoms with Gasteiger partial charge in [-0.15, -0.1) is 0 Å². The van der Waals surface area contributed by atoms with E-state index in [0.717, 1.165) is 22.5 Å². The predicted octanol–water partition coefficient (Wildman–Crippen LogP) is 1.92. The summed E-state index contributed by atoms with van der Waals surface area (Å²) in [5, 5.41) is 13.6. The van der Waals surface area contributed by atoms with Gasteiger partial charge in [0.1, 0.15) is 22.2 Å². The lowest BCUT2D eigenvalue weighted by atomic mass is 10.1. The minimum absolute atomic E-state index is 0.105. The Balaban J connectivity index is 2.27. The zero-order valence-electron chi connectivity index (χ0n) is 12.7. The number of hydrogen-bond donors (Lipinski definition) is 1. The molecule has 0 amide bonds. The number of aliphatic hydroxyl groups excluding tert-OH is 1. The van der Waals surface area contributed by atoms with Crippen LogP contribution in [0.25, 0.3) is 0 Å². The summed E-state index contributed by atoms with van der Waals surface area (Å²) >= 11 is 0. The number of nitrogens with zero attached hydrogens (tertiary/aromatic N) is 2. The maximum atomic E-state index is 13.6. The summed E-state index contributed by atoms with van der Waals surface area (Å²) in [6.07, 6.45) is -1.52. The Hall–Kier alpha value is -1.84. The Bertz CT molecular complexity index is 801. The van der Waals surface area contributed by atoms with E-state index in [0.29, 0.717) is 0 Å². The summed E-state index contributed by atoms with van der Waals surface area (Å²) in [4.78, 5) is -0.105. The number of aliphatic hydroxyl groups is 1. The highest BCUT2D eigenvalue weighted by molar-refractivity contribution is 7.89. The zero-order valence-corrected chi connectivity index (χ0v) is 13.6. The van der Waals surface area contributed by atoms with Crippen molar-refractivity contribution < 1.29 is 26.8 Å². The zero-order chi connectivity index (χ0) is 17.4. The average Bonchev–Trinajstić information content (AvgIpc) is 2.81. The van der Waals surface area contributed by atoms with Gasteiger partial charge in [-0.25, -0.2) is 17.2 Å². The van der Waals surface area contributed by atoms with E-state index in [-0.39, 0.29) is 21.9 Å². The van der Waals surface area contributed by atoms with Gasteiger partial charge in [0.15, 0.2) is 5.76 Å². The van der Waals surface area contributed by atoms with Gasteiger partial charge in [-0.05, 0) is 32.0 Å². The fourth-order valence-electron chi connectivity index (χ4n) is 2.21. The molecule has 0 aliphatic rings. The molecule has 1 heterocycles. The molecule has 1 N–H and O–H groups in total. The fourth-order valence-corrected chi connectivity index (χ4v) is 3.67. The molecule has 23 heavy (non-hydrogen) atoms. The lowest BCUT2D eigenvalue weighted by molar-refractivity contribution is 0.150. The number of aromatic nitrogens is 1. The summed E-state index contributed by atoms with van der Waals surface area (Å²) in [5.74, 6) is -1.43. The minimum Gasteiger partial charge on any atom is -0.387 e. The van der Waals surface area contributed by atoms with Crippen molar-refractivity contribution in [3.05, 3.63) is 46.9 Å². The van der Waals surface area contributed by atoms with Crippen LogP contribution in [0.15, 0.2) is 27.6 Å². The van der Waals surface area contributed by atoms with Crippen LogP contribution in [0, 0.1) is 25.5 Å². The van der Waals surface area contributed by atoms with E-state index < -0.39 is 34.3 Å². The van der Waals surface area contributed by atoms with E-state index >= 15 is 0 Å². The lowest BCUT2D eigenvalue weighted by Gasteiger charge is -2.21. The summed E-state index contributed by atoms with van der Waals surface area (Å²) in [7, 11) is -2.76. The number of hydrogen-bond acceptors (Lipinski definition) is 5. The molecule has 0 fully saturated rings. The third kappa shape index (κ3) is 3.41. The molecule has 0 radical (unpaired) electrons. The first-order chi connectivity index (χ1) is 10.6. The van der Waals surface area contributed by atoms with Gasteiger partial charge in [-0.1, -0.05) is 5.16 Å². The molecular formula is C14H16F2N2O4S. The lowest BCUT2D eigenvalue weighted by Crippen LogP contribution is -2.32. The second-order valence-corrected chi connectivity index (χ2v) is 7.10. The van der Waals surface area contributed by atoms with Crippen LogP contribution in [0.3, 0.4) is 0 Å². The van der Waals surface area contributed by atoms with E-state index in [2.05, 4.69) is 5.16 Å². The number of likely N-dealkylation sites (N-methyl/N-ethyl adjacent to an activating group) is 1. The topological polar surface area (TPSA) is 83.6 Å². The van der Waals surface area contributed by atoms with Crippen LogP contribution in [0.1, 0.15) is 23.1 Å². The van der Waals surface area contributed by atoms with Crippen LogP contribution in [0.4, 0.5) is 8.78 Å². The van der Waals surface area contributed by atoms with Gasteiger partial charge in [0.2, 0.25) is 10.0 Å². The molecule has 0 saturated heterocycles. The predicted molar refractivity (Wildman–Crippen MR) is 77.1 cm³/mol. The molecule has 0 spiro atoms. The van der Waals surface area contributed by atoms with Crippen molar-refractivity contribution in [2.75, 3.05) is 13.6 Å². The maximum Gasteiger partial charge on any atom is 0.248 e. The minimum atomic E-state index is -3.98. The summed E-state index contributed by atoms with van der Waals surface area (Å²) in [5.41, 5.74) is -0.133. The third-order valence-corrected chi connectivity index (χ3v) is 5.45. The van der Waals surface area contributed by atoms with Gasteiger partial charge >= 0.3 is 0 Å². The Morgan fingerprint density at radius 3 is 2.57 bits per heavy atom. The van der Waals surface area contributed by atoms with Gasteiger partial charge in [-0.3, -0.25) is 0 Å². The molecule has 1 atom stereocenters. The largest absolute Gasteiger partial charge is 0.387 e. The van der Waals surface area contributed by atoms with Crippen molar-refractivity contribution in [2.45, 2.75) is 24.8 Å². The molecule has 126 valence electrons. The number of sulfonamides is 1. The molecule has 9 heteroatoms. The molecular weight excluding hydrogens is 330 g/mol. The van der Waals surface area contributed by atoms with Gasteiger partial charge in [0.05, 0.1) is 6.10 Å². The van der Waals surface area contributed by atoms with E-state index in [9.17, 15) is 22.3 Å². The highest BCUT2D eigenvalue weighted by Crippen LogP contribution is 2.25. The average molecular weight is 346 g/mol. The highest BCUT2D eigenvalue weighted by Gasteiger charge is 2.30. The second kappa shape index (κ2) is 6.34. The Labute approximate surface area is 132 Å². The van der Waals surface area contributed by atoms with Crippen LogP contribution in [0.5, 0.6) is 0 Å². The van der Waals surface area contributed by atoms with Crippen molar-refractivity contribution in [2.24, 2.45) is 0 Å². The van der Waals surface area contributed by atoms with Crippen LogP contribution < -0.4 is 0 Å². The van der Waals surface area contributed by atoms with E-state index in [1.807, 2.05) is 0 Å². The monoisotopic (exact) mass is 346 g/mol. The smallest absolute Gasteiger partial charge is 0.248 e. The Kier molecular flexibility index (Phi) is 4.83. The highest BCUT2D eigenvalue weighted by atomic mass is 32.2. The van der Waals surface area contributed by atoms with Crippen LogP contribution in [-0.2, 0) is 10.0 Å². The maximum absolute atomic E-state index is 13.6. The molecule has 0 aliphatic carbocycles. The first-order valence-corrected chi connectivity index (χ1v) is 8.10. The van der Waals surface area contributed by atoms with Crippen LogP contribution in [-0.4, -0.2) is 36.6 Å². The SMILES string of the molecule is Cc1noc(C)c1S(=O)(=O)N(C)CC(O)c1cc(F)ccc1F. The molecule has 6 nitrogen and oxygen atoms in total. The first kappa shape index (κ1) is 17.5. The molecule has 1 aromatic heterocycles. The molecule has 0 bridgehead atoms. The van der Waals surface area contributed by atoms with Crippen molar-refractivity contribution in [3.63, 3.8) is 0 Å². The summed E-state index contributed by atoms with van der Waals surface area (Å²) < 4.78 is 57.5. The standard InChI is InChI=1S/C14H16F2N2O4S/c1-8-14(9(2)22-17-8)23(20,21)18(3)7-13(19)11-6-10(15)4-5-12(11)16/h4-6,13,19H,7H2,1-3H3.